The van der Waals surface area contributed by atoms with Gasteiger partial charge in [0.2, 0.25) is 5.91 Å². The van der Waals surface area contributed by atoms with Crippen molar-refractivity contribution in [2.75, 3.05) is 25.6 Å². The first kappa shape index (κ1) is 14.4. The third-order valence-corrected chi connectivity index (χ3v) is 4.00. The molecule has 0 aromatic rings. The highest BCUT2D eigenvalue weighted by Gasteiger charge is 2.36. The summed E-state index contributed by atoms with van der Waals surface area (Å²) in [6, 6.07) is 0. The Morgan fingerprint density at radius 2 is 1.88 bits per heavy atom. The van der Waals surface area contributed by atoms with Crippen LogP contribution in [-0.4, -0.2) is 47.5 Å². The van der Waals surface area contributed by atoms with Gasteiger partial charge in [0.25, 0.3) is 0 Å². The normalized spacial score (nSPS) is 24.4. The minimum atomic E-state index is -0.818. The zero-order valence-electron chi connectivity index (χ0n) is 10.5. The minimum Gasteiger partial charge on any atom is -0.481 e. The van der Waals surface area contributed by atoms with Crippen LogP contribution in [0.25, 0.3) is 0 Å². The maximum Gasteiger partial charge on any atom is 0.307 e. The van der Waals surface area contributed by atoms with Gasteiger partial charge in [-0.2, -0.15) is 11.8 Å². The molecular formula is C12H21NO3S. The number of nitrogens with zero attached hydrogens (tertiary/aromatic N) is 1. The predicted octanol–water partition coefficient (Wildman–Crippen LogP) is 1.70. The first-order valence-electron chi connectivity index (χ1n) is 6.04. The van der Waals surface area contributed by atoms with Gasteiger partial charge in [0.15, 0.2) is 0 Å². The predicted molar refractivity (Wildman–Crippen MR) is 69.1 cm³/mol. The Morgan fingerprint density at radius 1 is 1.29 bits per heavy atom. The molecule has 1 saturated carbocycles. The summed E-state index contributed by atoms with van der Waals surface area (Å²) in [5.41, 5.74) is 0. The third-order valence-electron chi connectivity index (χ3n) is 3.41. The Bertz CT molecular complexity index is 283. The lowest BCUT2D eigenvalue weighted by Crippen LogP contribution is -2.41. The van der Waals surface area contributed by atoms with Crippen molar-refractivity contribution in [2.24, 2.45) is 11.8 Å². The second-order valence-corrected chi connectivity index (χ2v) is 5.57. The number of rotatable bonds is 5. The monoisotopic (exact) mass is 259 g/mol. The number of thioether (sulfide) groups is 1. The first-order chi connectivity index (χ1) is 8.07. The standard InChI is InChI=1S/C12H21NO3S/c1-13(7-8-17-2)11(14)9-5-3-4-6-10(9)12(15)16/h9-10H,3-8H2,1-2H3,(H,15,16). The zero-order chi connectivity index (χ0) is 12.8. The van der Waals surface area contributed by atoms with Crippen molar-refractivity contribution < 1.29 is 14.7 Å². The number of carboxylic acids is 1. The molecule has 2 atom stereocenters. The van der Waals surface area contributed by atoms with Crippen LogP contribution in [0.5, 0.6) is 0 Å². The average Bonchev–Trinajstić information content (AvgIpc) is 2.34. The van der Waals surface area contributed by atoms with Crippen LogP contribution < -0.4 is 0 Å². The SMILES string of the molecule is CSCCN(C)C(=O)C1CCCCC1C(=O)O. The molecule has 2 unspecified atom stereocenters. The smallest absolute Gasteiger partial charge is 0.307 e. The van der Waals surface area contributed by atoms with Gasteiger partial charge in [0.1, 0.15) is 0 Å². The molecule has 1 aliphatic carbocycles. The molecule has 5 heteroatoms. The van der Waals surface area contributed by atoms with E-state index in [1.165, 1.54) is 0 Å². The lowest BCUT2D eigenvalue weighted by Gasteiger charge is -2.30. The van der Waals surface area contributed by atoms with Gasteiger partial charge in [0.05, 0.1) is 11.8 Å². The van der Waals surface area contributed by atoms with Crippen molar-refractivity contribution in [3.63, 3.8) is 0 Å². The van der Waals surface area contributed by atoms with E-state index < -0.39 is 11.9 Å². The molecule has 98 valence electrons. The average molecular weight is 259 g/mol. The molecule has 0 aliphatic heterocycles. The van der Waals surface area contributed by atoms with Gasteiger partial charge in [-0.25, -0.2) is 0 Å². The number of carbonyl (C=O) groups excluding carboxylic acids is 1. The molecule has 0 aromatic carbocycles. The molecule has 0 heterocycles. The van der Waals surface area contributed by atoms with E-state index in [0.29, 0.717) is 13.0 Å². The second-order valence-electron chi connectivity index (χ2n) is 4.59. The number of carboxylic acid groups (broad SMARTS) is 1. The van der Waals surface area contributed by atoms with Gasteiger partial charge in [0, 0.05) is 19.3 Å². The van der Waals surface area contributed by atoms with Crippen LogP contribution in [-0.2, 0) is 9.59 Å². The lowest BCUT2D eigenvalue weighted by atomic mass is 9.78. The van der Waals surface area contributed by atoms with Crippen LogP contribution in [0.15, 0.2) is 0 Å². The van der Waals surface area contributed by atoms with Gasteiger partial charge in [-0.05, 0) is 19.1 Å². The minimum absolute atomic E-state index is 0.00569. The molecule has 0 saturated heterocycles. The second kappa shape index (κ2) is 6.89. The molecule has 1 rings (SSSR count). The summed E-state index contributed by atoms with van der Waals surface area (Å²) in [4.78, 5) is 25.0. The van der Waals surface area contributed by atoms with Crippen molar-refractivity contribution in [2.45, 2.75) is 25.7 Å². The highest BCUT2D eigenvalue weighted by atomic mass is 32.2. The lowest BCUT2D eigenvalue weighted by molar-refractivity contribution is -0.151. The summed E-state index contributed by atoms with van der Waals surface area (Å²) in [7, 11) is 1.77. The fraction of sp³-hybridized carbons (Fsp3) is 0.833. The largest absolute Gasteiger partial charge is 0.481 e. The van der Waals surface area contributed by atoms with E-state index >= 15 is 0 Å². The molecule has 1 amide bonds. The van der Waals surface area contributed by atoms with Crippen molar-refractivity contribution in [1.82, 2.24) is 4.90 Å². The van der Waals surface area contributed by atoms with Crippen molar-refractivity contribution >= 4 is 23.6 Å². The highest BCUT2D eigenvalue weighted by Crippen LogP contribution is 2.31. The molecule has 0 bridgehead atoms. The number of hydrogen-bond donors (Lipinski definition) is 1. The van der Waals surface area contributed by atoms with Crippen LogP contribution in [0, 0.1) is 11.8 Å². The van der Waals surface area contributed by atoms with Crippen LogP contribution in [0.4, 0.5) is 0 Å². The molecule has 17 heavy (non-hydrogen) atoms. The molecule has 1 fully saturated rings. The van der Waals surface area contributed by atoms with Crippen LogP contribution in [0.1, 0.15) is 25.7 Å². The number of amides is 1. The van der Waals surface area contributed by atoms with E-state index in [9.17, 15) is 9.59 Å². The van der Waals surface area contributed by atoms with Gasteiger partial charge in [-0.15, -0.1) is 0 Å². The zero-order valence-corrected chi connectivity index (χ0v) is 11.3. The van der Waals surface area contributed by atoms with E-state index in [2.05, 4.69) is 0 Å². The Balaban J connectivity index is 2.61. The Hall–Kier alpha value is -0.710. The molecule has 0 radical (unpaired) electrons. The van der Waals surface area contributed by atoms with Gasteiger partial charge in [-0.3, -0.25) is 9.59 Å². The van der Waals surface area contributed by atoms with E-state index in [4.69, 9.17) is 5.11 Å². The van der Waals surface area contributed by atoms with E-state index in [0.717, 1.165) is 25.0 Å². The van der Waals surface area contributed by atoms with Crippen molar-refractivity contribution in [3.8, 4) is 0 Å². The Kier molecular flexibility index (Phi) is 5.82. The van der Waals surface area contributed by atoms with Gasteiger partial charge in [-0.1, -0.05) is 12.8 Å². The molecule has 0 aromatic heterocycles. The Labute approximate surface area is 107 Å². The van der Waals surface area contributed by atoms with Gasteiger partial charge < -0.3 is 10.0 Å². The molecule has 0 spiro atoms. The summed E-state index contributed by atoms with van der Waals surface area (Å²) in [6.45, 7) is 0.697. The number of aliphatic carboxylic acids is 1. The molecule has 1 N–H and O–H groups in total. The summed E-state index contributed by atoms with van der Waals surface area (Å²) in [5, 5.41) is 9.14. The van der Waals surface area contributed by atoms with Crippen LogP contribution in [0.3, 0.4) is 0 Å². The van der Waals surface area contributed by atoms with Crippen LogP contribution >= 0.6 is 11.8 Å². The summed E-state index contributed by atoms with van der Waals surface area (Å²) in [5.74, 6) is -0.708. The fourth-order valence-electron chi connectivity index (χ4n) is 2.34. The quantitative estimate of drug-likeness (QED) is 0.816. The number of hydrogen-bond acceptors (Lipinski definition) is 3. The topological polar surface area (TPSA) is 57.6 Å². The summed E-state index contributed by atoms with van der Waals surface area (Å²) >= 11 is 1.69. The van der Waals surface area contributed by atoms with Crippen molar-refractivity contribution in [3.05, 3.63) is 0 Å². The summed E-state index contributed by atoms with van der Waals surface area (Å²) < 4.78 is 0. The highest BCUT2D eigenvalue weighted by molar-refractivity contribution is 7.98. The van der Waals surface area contributed by atoms with Crippen LogP contribution in [0.2, 0.25) is 0 Å². The third kappa shape index (κ3) is 3.91. The molecular weight excluding hydrogens is 238 g/mol. The fourth-order valence-corrected chi connectivity index (χ4v) is 2.80. The van der Waals surface area contributed by atoms with Gasteiger partial charge >= 0.3 is 5.97 Å². The van der Waals surface area contributed by atoms with E-state index in [1.807, 2.05) is 6.26 Å². The molecule has 4 nitrogen and oxygen atoms in total. The Morgan fingerprint density at radius 3 is 2.41 bits per heavy atom. The maximum atomic E-state index is 12.2. The van der Waals surface area contributed by atoms with Crippen molar-refractivity contribution in [1.29, 1.82) is 0 Å². The maximum absolute atomic E-state index is 12.2. The summed E-state index contributed by atoms with van der Waals surface area (Å²) in [6.07, 6.45) is 5.26. The molecule has 1 aliphatic rings. The van der Waals surface area contributed by atoms with E-state index in [1.54, 1.807) is 23.7 Å². The first-order valence-corrected chi connectivity index (χ1v) is 7.44. The number of carbonyl (C=O) groups is 2. The van der Waals surface area contributed by atoms with E-state index in [-0.39, 0.29) is 11.8 Å².